The number of hydrogen-bond donors (Lipinski definition) is 1. The zero-order chi connectivity index (χ0) is 18.3. The first-order valence-electron chi connectivity index (χ1n) is 8.17. The summed E-state index contributed by atoms with van der Waals surface area (Å²) in [6.07, 6.45) is 0. The normalized spacial score (nSPS) is 17.6. The van der Waals surface area contributed by atoms with Gasteiger partial charge in [-0.25, -0.2) is 9.37 Å². The Labute approximate surface area is 152 Å². The van der Waals surface area contributed by atoms with E-state index in [9.17, 15) is 14.0 Å². The molecule has 1 atom stereocenters. The summed E-state index contributed by atoms with van der Waals surface area (Å²) in [5.74, 6) is -0.781. The monoisotopic (exact) mass is 373 g/mol. The first-order chi connectivity index (χ1) is 12.5. The van der Waals surface area contributed by atoms with E-state index in [1.807, 2.05) is 0 Å². The third-order valence-corrected chi connectivity index (χ3v) is 5.42. The highest BCUT2D eigenvalue weighted by molar-refractivity contribution is 7.23. The van der Waals surface area contributed by atoms with E-state index < -0.39 is 6.04 Å². The fourth-order valence-electron chi connectivity index (χ4n) is 3.12. The van der Waals surface area contributed by atoms with E-state index in [0.717, 1.165) is 21.0 Å². The van der Waals surface area contributed by atoms with Crippen molar-refractivity contribution in [3.63, 3.8) is 0 Å². The van der Waals surface area contributed by atoms with Gasteiger partial charge in [-0.15, -0.1) is 0 Å². The number of anilines is 1. The molecule has 2 heterocycles. The fraction of sp³-hybridized carbons (Fsp3) is 0.278. The van der Waals surface area contributed by atoms with Crippen LogP contribution in [0.5, 0.6) is 0 Å². The number of morpholine rings is 1. The number of carbonyl (C=O) groups is 2. The Kier molecular flexibility index (Phi) is 4.29. The second kappa shape index (κ2) is 6.62. The van der Waals surface area contributed by atoms with Crippen LogP contribution in [-0.4, -0.2) is 47.5 Å². The van der Waals surface area contributed by atoms with Gasteiger partial charge < -0.3 is 15.0 Å². The number of amides is 2. The van der Waals surface area contributed by atoms with Crippen LogP contribution in [0.2, 0.25) is 0 Å². The van der Waals surface area contributed by atoms with Gasteiger partial charge >= 0.3 is 0 Å². The summed E-state index contributed by atoms with van der Waals surface area (Å²) >= 11 is 1.32. The Morgan fingerprint density at radius 1 is 1.35 bits per heavy atom. The SMILES string of the molecule is CC(=O)N1CCOC[C@@H]1C(=O)Nc1nc2ccc3cc(F)ccc3c2s1. The van der Waals surface area contributed by atoms with E-state index in [-0.39, 0.29) is 24.2 Å². The largest absolute Gasteiger partial charge is 0.377 e. The molecule has 2 aromatic carbocycles. The second-order valence-corrected chi connectivity index (χ2v) is 7.09. The summed E-state index contributed by atoms with van der Waals surface area (Å²) in [7, 11) is 0. The Balaban J connectivity index is 1.63. The van der Waals surface area contributed by atoms with E-state index in [2.05, 4.69) is 10.3 Å². The molecule has 6 nitrogen and oxygen atoms in total. The van der Waals surface area contributed by atoms with Crippen molar-refractivity contribution in [3.05, 3.63) is 36.1 Å². The van der Waals surface area contributed by atoms with Crippen molar-refractivity contribution in [2.24, 2.45) is 0 Å². The van der Waals surface area contributed by atoms with Crippen LogP contribution in [0.4, 0.5) is 9.52 Å². The van der Waals surface area contributed by atoms with Crippen molar-refractivity contribution in [1.82, 2.24) is 9.88 Å². The molecule has 1 aromatic heterocycles. The van der Waals surface area contributed by atoms with Gasteiger partial charge in [-0.3, -0.25) is 9.59 Å². The minimum atomic E-state index is -0.667. The molecule has 26 heavy (non-hydrogen) atoms. The Morgan fingerprint density at radius 2 is 2.19 bits per heavy atom. The van der Waals surface area contributed by atoms with Crippen LogP contribution in [0.15, 0.2) is 30.3 Å². The minimum Gasteiger partial charge on any atom is -0.377 e. The predicted molar refractivity (Wildman–Crippen MR) is 97.7 cm³/mol. The van der Waals surface area contributed by atoms with E-state index in [1.54, 1.807) is 18.2 Å². The third-order valence-electron chi connectivity index (χ3n) is 4.40. The lowest BCUT2D eigenvalue weighted by Crippen LogP contribution is -2.53. The number of ether oxygens (including phenoxy) is 1. The number of fused-ring (bicyclic) bond motifs is 3. The molecule has 0 aliphatic carbocycles. The number of rotatable bonds is 2. The maximum absolute atomic E-state index is 13.4. The minimum absolute atomic E-state index is 0.161. The van der Waals surface area contributed by atoms with Crippen molar-refractivity contribution in [2.75, 3.05) is 25.1 Å². The number of thiazole rings is 1. The van der Waals surface area contributed by atoms with Crippen molar-refractivity contribution < 1.29 is 18.7 Å². The van der Waals surface area contributed by atoms with Crippen LogP contribution in [0.3, 0.4) is 0 Å². The van der Waals surface area contributed by atoms with Gasteiger partial charge in [-0.2, -0.15) is 0 Å². The number of benzene rings is 2. The molecule has 3 aromatic rings. The molecule has 1 aliphatic heterocycles. The van der Waals surface area contributed by atoms with Crippen molar-refractivity contribution in [2.45, 2.75) is 13.0 Å². The molecule has 1 saturated heterocycles. The number of hydrogen-bond acceptors (Lipinski definition) is 5. The van der Waals surface area contributed by atoms with Crippen LogP contribution >= 0.6 is 11.3 Å². The van der Waals surface area contributed by atoms with Gasteiger partial charge in [0.15, 0.2) is 5.13 Å². The summed E-state index contributed by atoms with van der Waals surface area (Å²) in [4.78, 5) is 30.3. The van der Waals surface area contributed by atoms with Gasteiger partial charge in [-0.1, -0.05) is 17.4 Å². The zero-order valence-corrected chi connectivity index (χ0v) is 14.8. The molecule has 134 valence electrons. The van der Waals surface area contributed by atoms with Gasteiger partial charge in [0.2, 0.25) is 5.91 Å². The molecule has 8 heteroatoms. The highest BCUT2D eigenvalue weighted by Crippen LogP contribution is 2.33. The lowest BCUT2D eigenvalue weighted by Gasteiger charge is -2.33. The molecule has 0 saturated carbocycles. The molecule has 0 radical (unpaired) electrons. The number of nitrogens with one attached hydrogen (secondary N) is 1. The molecular weight excluding hydrogens is 357 g/mol. The highest BCUT2D eigenvalue weighted by Gasteiger charge is 2.31. The summed E-state index contributed by atoms with van der Waals surface area (Å²) in [6, 6.07) is 7.52. The second-order valence-electron chi connectivity index (χ2n) is 6.09. The Morgan fingerprint density at radius 3 is 3.00 bits per heavy atom. The number of halogens is 1. The van der Waals surface area contributed by atoms with Crippen LogP contribution in [-0.2, 0) is 14.3 Å². The lowest BCUT2D eigenvalue weighted by atomic mass is 10.1. The molecule has 0 spiro atoms. The van der Waals surface area contributed by atoms with E-state index in [0.29, 0.717) is 18.3 Å². The van der Waals surface area contributed by atoms with E-state index in [4.69, 9.17) is 4.74 Å². The first kappa shape index (κ1) is 16.9. The summed E-state index contributed by atoms with van der Waals surface area (Å²) in [5, 5.41) is 4.89. The quantitative estimate of drug-likeness (QED) is 0.750. The number of carbonyl (C=O) groups excluding carboxylic acids is 2. The van der Waals surface area contributed by atoms with Crippen LogP contribution < -0.4 is 5.32 Å². The molecule has 0 unspecified atom stereocenters. The van der Waals surface area contributed by atoms with Gasteiger partial charge in [0.25, 0.3) is 5.91 Å². The predicted octanol–water partition coefficient (Wildman–Crippen LogP) is 2.77. The molecule has 2 amide bonds. The Bertz CT molecular complexity index is 1020. The highest BCUT2D eigenvalue weighted by atomic mass is 32.1. The van der Waals surface area contributed by atoms with Gasteiger partial charge in [-0.05, 0) is 29.7 Å². The van der Waals surface area contributed by atoms with Crippen molar-refractivity contribution >= 4 is 49.3 Å². The topological polar surface area (TPSA) is 71.5 Å². The average molecular weight is 373 g/mol. The van der Waals surface area contributed by atoms with Gasteiger partial charge in [0.05, 0.1) is 23.4 Å². The number of nitrogens with zero attached hydrogens (tertiary/aromatic N) is 2. The molecule has 1 N–H and O–H groups in total. The molecule has 0 bridgehead atoms. The zero-order valence-electron chi connectivity index (χ0n) is 14.0. The first-order valence-corrected chi connectivity index (χ1v) is 8.99. The van der Waals surface area contributed by atoms with E-state index in [1.165, 1.54) is 35.3 Å². The smallest absolute Gasteiger partial charge is 0.251 e. The Hall–Kier alpha value is -2.58. The maximum Gasteiger partial charge on any atom is 0.251 e. The van der Waals surface area contributed by atoms with Gasteiger partial charge in [0, 0.05) is 18.9 Å². The molecular formula is C18H16FN3O3S. The van der Waals surface area contributed by atoms with Gasteiger partial charge in [0.1, 0.15) is 11.9 Å². The summed E-state index contributed by atoms with van der Waals surface area (Å²) in [5.41, 5.74) is 0.729. The van der Waals surface area contributed by atoms with Crippen molar-refractivity contribution in [1.29, 1.82) is 0 Å². The molecule has 1 aliphatic rings. The van der Waals surface area contributed by atoms with Crippen LogP contribution in [0.25, 0.3) is 21.0 Å². The third kappa shape index (κ3) is 3.02. The molecule has 4 rings (SSSR count). The molecule has 1 fully saturated rings. The fourth-order valence-corrected chi connectivity index (χ4v) is 4.13. The van der Waals surface area contributed by atoms with Crippen LogP contribution in [0.1, 0.15) is 6.92 Å². The summed E-state index contributed by atoms with van der Waals surface area (Å²) in [6.45, 7) is 2.42. The lowest BCUT2D eigenvalue weighted by molar-refractivity contribution is -0.144. The number of aromatic nitrogens is 1. The summed E-state index contributed by atoms with van der Waals surface area (Å²) < 4.78 is 19.6. The van der Waals surface area contributed by atoms with Crippen LogP contribution in [0, 0.1) is 5.82 Å². The average Bonchev–Trinajstić information content (AvgIpc) is 3.04. The van der Waals surface area contributed by atoms with Crippen molar-refractivity contribution in [3.8, 4) is 0 Å². The standard InChI is InChI=1S/C18H16FN3O3S/c1-10(23)22-6-7-25-9-15(22)17(24)21-18-20-14-5-2-11-8-12(19)3-4-13(11)16(14)26-18/h2-5,8,15H,6-7,9H2,1H3,(H,20,21,24)/t15-/m1/s1. The maximum atomic E-state index is 13.4. The van der Waals surface area contributed by atoms with E-state index >= 15 is 0 Å².